The highest BCUT2D eigenvalue weighted by Crippen LogP contribution is 2.50. The highest BCUT2D eigenvalue weighted by molar-refractivity contribution is 7.22. The van der Waals surface area contributed by atoms with Crippen LogP contribution in [0.4, 0.5) is 0 Å². The van der Waals surface area contributed by atoms with Crippen LogP contribution in [0.5, 0.6) is 0 Å². The molecule has 0 saturated heterocycles. The summed E-state index contributed by atoms with van der Waals surface area (Å²) in [4.78, 5) is 39.4. The number of hydrogen-bond donors (Lipinski definition) is 0. The number of nitrogens with zero attached hydrogens (tertiary/aromatic N) is 12. The number of benzene rings is 16. The van der Waals surface area contributed by atoms with Gasteiger partial charge in [0.15, 0.2) is 11.2 Å². The third-order valence-corrected chi connectivity index (χ3v) is 26.6. The summed E-state index contributed by atoms with van der Waals surface area (Å²) in [6, 6.07) is 111. The Kier molecular flexibility index (Phi) is 13.5. The maximum Gasteiger partial charge on any atom is 0.227 e. The number of aromatic nitrogens is 12. The Hall–Kier alpha value is -15.9. The first-order valence-electron chi connectivity index (χ1n) is 39.9. The summed E-state index contributed by atoms with van der Waals surface area (Å²) in [6.07, 6.45) is 7.61. The Morgan fingerprint density at radius 1 is 0.225 bits per heavy atom. The van der Waals surface area contributed by atoms with Gasteiger partial charge < -0.3 is 27.1 Å². The van der Waals surface area contributed by atoms with E-state index in [1.807, 2.05) is 110 Å². The second-order valence-corrected chi connectivity index (χ2v) is 32.9. The zero-order valence-corrected chi connectivity index (χ0v) is 65.0. The molecule has 0 aliphatic carbocycles. The van der Waals surface area contributed by atoms with Crippen LogP contribution < -0.4 is 0 Å². The molecule has 12 heterocycles. The molecule has 0 spiro atoms. The molecule has 0 saturated carbocycles. The fourth-order valence-electron chi connectivity index (χ4n) is 19.2. The Morgan fingerprint density at radius 2 is 0.508 bits per heavy atom. The maximum atomic E-state index is 6.10. The van der Waals surface area contributed by atoms with Gasteiger partial charge in [-0.3, -0.25) is 19.9 Å². The van der Waals surface area contributed by atoms with Gasteiger partial charge in [0.25, 0.3) is 0 Å². The van der Waals surface area contributed by atoms with Crippen molar-refractivity contribution >= 4 is 218 Å². The van der Waals surface area contributed by atoms with Crippen molar-refractivity contribution in [3.8, 4) is 66.8 Å². The molecule has 556 valence electrons. The molecule has 0 aliphatic rings. The van der Waals surface area contributed by atoms with Crippen LogP contribution in [-0.4, -0.2) is 58.1 Å². The molecule has 0 aliphatic heterocycles. The largest absolute Gasteiger partial charge is 0.436 e. The molecule has 0 bridgehead atoms. The third kappa shape index (κ3) is 9.47. The van der Waals surface area contributed by atoms with Crippen LogP contribution in [0.2, 0.25) is 0 Å². The number of rotatable bonds is 8. The third-order valence-electron chi connectivity index (χ3n) is 24.4. The molecule has 28 aromatic rings. The quantitative estimate of drug-likeness (QED) is 0.135. The van der Waals surface area contributed by atoms with Gasteiger partial charge in [0.2, 0.25) is 11.8 Å². The molecule has 16 heteroatoms. The fraction of sp³-hybridized carbons (Fsp3) is 0. The smallest absolute Gasteiger partial charge is 0.227 e. The Morgan fingerprint density at radius 3 is 0.808 bits per heavy atom. The minimum atomic E-state index is 0.608. The van der Waals surface area contributed by atoms with Gasteiger partial charge in [-0.05, 0) is 283 Å². The maximum absolute atomic E-state index is 6.10. The van der Waals surface area contributed by atoms with E-state index < -0.39 is 0 Å². The molecule has 0 unspecified atom stereocenters. The number of fused-ring (bicyclic) bond motifs is 20. The second-order valence-electron chi connectivity index (χ2n) is 30.9. The number of pyridine rings is 4. The fourth-order valence-corrected chi connectivity index (χ4v) is 21.2. The molecule has 0 atom stereocenters. The van der Waals surface area contributed by atoms with Gasteiger partial charge >= 0.3 is 0 Å². The highest BCUT2D eigenvalue weighted by atomic mass is 32.1. The molecule has 16 aromatic carbocycles. The molecular weight excluding hydrogens is 1510 g/mol. The van der Waals surface area contributed by atoms with Crippen molar-refractivity contribution in [2.45, 2.75) is 0 Å². The van der Waals surface area contributed by atoms with E-state index in [1.165, 1.54) is 74.0 Å². The summed E-state index contributed by atoms with van der Waals surface area (Å²) < 4.78 is 24.0. The standard InChI is InChI=1S/C52H28N6O2.C52H28N6S2/c2*1-3-11-43-37(7-1)55-51(59-43)29-13-19-33(20-14-29)57-39-9-5-25-53-49(39)47-35-23-18-32-28-42-48(36-24-17-31(27-41(47)57)45(35)46(32)36)50-40(10-6-26-54-50)58(42)34-21-15-30(16-22-34)52-56-38-8-2-4-12-44(38)60-52/h2*1-28H. The molecule has 0 N–H and O–H groups in total. The van der Waals surface area contributed by atoms with E-state index in [-0.39, 0.29) is 0 Å². The monoisotopic (exact) mass is 1570 g/mol. The summed E-state index contributed by atoms with van der Waals surface area (Å²) in [6.45, 7) is 0. The molecule has 12 aromatic heterocycles. The normalized spacial score (nSPS) is 12.3. The van der Waals surface area contributed by atoms with Gasteiger partial charge in [0.05, 0.1) is 86.6 Å². The zero-order chi connectivity index (χ0) is 78.1. The van der Waals surface area contributed by atoms with Crippen LogP contribution >= 0.6 is 22.7 Å². The lowest BCUT2D eigenvalue weighted by Crippen LogP contribution is -1.95. The summed E-state index contributed by atoms with van der Waals surface area (Å²) in [5.74, 6) is 1.22. The van der Waals surface area contributed by atoms with E-state index >= 15 is 0 Å². The second kappa shape index (κ2) is 24.8. The number of para-hydroxylation sites is 6. The molecule has 14 nitrogen and oxygen atoms in total. The van der Waals surface area contributed by atoms with Crippen LogP contribution in [0, 0.1) is 0 Å². The van der Waals surface area contributed by atoms with Crippen molar-refractivity contribution in [1.82, 2.24) is 58.1 Å². The topological polar surface area (TPSA) is 149 Å². The van der Waals surface area contributed by atoms with Crippen LogP contribution in [0.15, 0.2) is 349 Å². The van der Waals surface area contributed by atoms with E-state index in [4.69, 9.17) is 48.7 Å². The number of hydrogen-bond acceptors (Lipinski definition) is 12. The SMILES string of the molecule is c1ccc2oc(-c3ccc(-n4c5cccnc5c5c6ccc7cc8c(c9ccc(cc54)c6c79)c4ncccc4n8-c4ccc(-c5nc6ccccc6o5)cc4)cc3)nc2c1.c1ccc2sc(-c3ccc(-n4c5cccnc5c5c6ccc7cc8c(c9ccc(cc54)c6c79)c4ncccc4n8-c4ccc(-c5nc6ccccc6s5)cc4)cc3)nc2c1. The number of thiazole rings is 2. The molecule has 0 fully saturated rings. The van der Waals surface area contributed by atoms with E-state index in [2.05, 4.69) is 249 Å². The van der Waals surface area contributed by atoms with Crippen LogP contribution in [0.25, 0.3) is 262 Å². The van der Waals surface area contributed by atoms with Gasteiger partial charge in [-0.1, -0.05) is 97.1 Å². The van der Waals surface area contributed by atoms with Gasteiger partial charge in [-0.15, -0.1) is 22.7 Å². The molecule has 0 radical (unpaired) electrons. The summed E-state index contributed by atoms with van der Waals surface area (Å²) in [5, 5.41) is 21.1. The van der Waals surface area contributed by atoms with Crippen molar-refractivity contribution in [3.05, 3.63) is 340 Å². The Bertz CT molecular complexity index is 7990. The first kappa shape index (κ1) is 65.4. The van der Waals surface area contributed by atoms with E-state index in [0.717, 1.165) is 176 Å². The van der Waals surface area contributed by atoms with Gasteiger partial charge in [-0.25, -0.2) is 19.9 Å². The van der Waals surface area contributed by atoms with Crippen molar-refractivity contribution < 1.29 is 8.83 Å². The summed E-state index contributed by atoms with van der Waals surface area (Å²) in [5.41, 5.74) is 26.4. The average molecular weight is 1570 g/mol. The lowest BCUT2D eigenvalue weighted by molar-refractivity contribution is 0.619. The predicted molar refractivity (Wildman–Crippen MR) is 492 cm³/mol. The first-order valence-corrected chi connectivity index (χ1v) is 41.5. The minimum Gasteiger partial charge on any atom is -0.436 e. The Balaban J connectivity index is 0.000000127. The zero-order valence-electron chi connectivity index (χ0n) is 63.3. The van der Waals surface area contributed by atoms with Crippen molar-refractivity contribution in [2.24, 2.45) is 0 Å². The van der Waals surface area contributed by atoms with E-state index in [9.17, 15) is 0 Å². The van der Waals surface area contributed by atoms with Crippen molar-refractivity contribution in [1.29, 1.82) is 0 Å². The van der Waals surface area contributed by atoms with Gasteiger partial charge in [0, 0.05) is 91.3 Å². The average Bonchev–Trinajstić information content (AvgIpc) is 1.51. The predicted octanol–water partition coefficient (Wildman–Crippen LogP) is 27.3. The van der Waals surface area contributed by atoms with Gasteiger partial charge in [0.1, 0.15) is 21.0 Å². The lowest BCUT2D eigenvalue weighted by atomic mass is 9.91. The van der Waals surface area contributed by atoms with E-state index in [1.54, 1.807) is 22.7 Å². The van der Waals surface area contributed by atoms with Crippen LogP contribution in [0.1, 0.15) is 0 Å². The van der Waals surface area contributed by atoms with Crippen molar-refractivity contribution in [2.75, 3.05) is 0 Å². The Labute approximate surface area is 686 Å². The molecule has 120 heavy (non-hydrogen) atoms. The molecule has 28 rings (SSSR count). The van der Waals surface area contributed by atoms with Gasteiger partial charge in [-0.2, -0.15) is 0 Å². The summed E-state index contributed by atoms with van der Waals surface area (Å²) in [7, 11) is 0. The minimum absolute atomic E-state index is 0.608. The first-order chi connectivity index (χ1) is 59.5. The molecule has 0 amide bonds. The lowest BCUT2D eigenvalue weighted by Gasteiger charge is -2.15. The highest BCUT2D eigenvalue weighted by Gasteiger charge is 2.27. The van der Waals surface area contributed by atoms with Crippen LogP contribution in [-0.2, 0) is 0 Å². The number of oxazole rings is 2. The van der Waals surface area contributed by atoms with Crippen molar-refractivity contribution in [3.63, 3.8) is 0 Å². The molecular formula is C104H56N12O2S2. The summed E-state index contributed by atoms with van der Waals surface area (Å²) >= 11 is 3.46. The van der Waals surface area contributed by atoms with Crippen LogP contribution in [0.3, 0.4) is 0 Å². The van der Waals surface area contributed by atoms with E-state index in [0.29, 0.717) is 11.8 Å².